The lowest BCUT2D eigenvalue weighted by atomic mass is 10.0. The third kappa shape index (κ3) is 1.39. The first-order valence-electron chi connectivity index (χ1n) is 5.06. The van der Waals surface area contributed by atoms with E-state index < -0.39 is 0 Å². The molecule has 1 aliphatic carbocycles. The Labute approximate surface area is 84.6 Å². The van der Waals surface area contributed by atoms with E-state index >= 15 is 0 Å². The third-order valence-corrected chi connectivity index (χ3v) is 2.91. The highest BCUT2D eigenvalue weighted by Gasteiger charge is 2.46. The molecule has 72 valence electrons. The summed E-state index contributed by atoms with van der Waals surface area (Å²) in [4.78, 5) is 4.38. The van der Waals surface area contributed by atoms with Crippen LogP contribution in [0.2, 0.25) is 0 Å². The molecular weight excluding hydrogens is 172 g/mol. The van der Waals surface area contributed by atoms with Crippen LogP contribution in [0.25, 0.3) is 0 Å². The molecule has 0 unspecified atom stereocenters. The Balaban J connectivity index is 2.28. The maximum Gasteiger partial charge on any atom is 0.0994 e. The zero-order chi connectivity index (χ0) is 10.2. The largest absolute Gasteiger partial charge is 0.259 e. The summed E-state index contributed by atoms with van der Waals surface area (Å²) >= 11 is 0. The van der Waals surface area contributed by atoms with E-state index in [2.05, 4.69) is 31.0 Å². The first-order chi connectivity index (χ1) is 6.68. The van der Waals surface area contributed by atoms with Crippen LogP contribution in [0.5, 0.6) is 0 Å². The summed E-state index contributed by atoms with van der Waals surface area (Å²) in [6.45, 7) is 4.29. The zero-order valence-electron chi connectivity index (χ0n) is 8.62. The number of nitriles is 1. The Morgan fingerprint density at radius 3 is 2.50 bits per heavy atom. The minimum atomic E-state index is -0.241. The van der Waals surface area contributed by atoms with Crippen LogP contribution in [0.4, 0.5) is 0 Å². The Kier molecular flexibility index (Phi) is 2.03. The Bertz CT molecular complexity index is 366. The van der Waals surface area contributed by atoms with E-state index in [-0.39, 0.29) is 5.41 Å². The number of aromatic nitrogens is 1. The molecule has 2 nitrogen and oxygen atoms in total. The minimum absolute atomic E-state index is 0.241. The fourth-order valence-electron chi connectivity index (χ4n) is 1.58. The molecule has 0 radical (unpaired) electrons. The standard InChI is InChI=1S/C12H14N2/c1-9(2)10-3-4-11(14-7-10)12(8-13)5-6-12/h3-4,7,9H,5-6H2,1-2H3. The van der Waals surface area contributed by atoms with Crippen molar-refractivity contribution < 1.29 is 0 Å². The molecule has 1 fully saturated rings. The maximum absolute atomic E-state index is 9.00. The van der Waals surface area contributed by atoms with Gasteiger partial charge in [-0.1, -0.05) is 19.9 Å². The van der Waals surface area contributed by atoms with Crippen molar-refractivity contribution in [3.05, 3.63) is 29.6 Å². The molecule has 0 amide bonds. The lowest BCUT2D eigenvalue weighted by Crippen LogP contribution is -2.05. The summed E-state index contributed by atoms with van der Waals surface area (Å²) in [6.07, 6.45) is 3.84. The van der Waals surface area contributed by atoms with Crippen LogP contribution in [0.15, 0.2) is 18.3 Å². The van der Waals surface area contributed by atoms with E-state index in [0.29, 0.717) is 5.92 Å². The van der Waals surface area contributed by atoms with Gasteiger partial charge in [-0.05, 0) is 30.4 Å². The molecular formula is C12H14N2. The predicted octanol–water partition coefficient (Wildman–Crippen LogP) is 2.76. The summed E-state index contributed by atoms with van der Waals surface area (Å²) < 4.78 is 0. The number of pyridine rings is 1. The average molecular weight is 186 g/mol. The monoisotopic (exact) mass is 186 g/mol. The van der Waals surface area contributed by atoms with Gasteiger partial charge in [-0.15, -0.1) is 0 Å². The van der Waals surface area contributed by atoms with Crippen LogP contribution in [0, 0.1) is 11.3 Å². The van der Waals surface area contributed by atoms with Crippen LogP contribution in [0.1, 0.15) is 43.9 Å². The maximum atomic E-state index is 9.00. The van der Waals surface area contributed by atoms with Gasteiger partial charge in [0.05, 0.1) is 17.2 Å². The highest BCUT2D eigenvalue weighted by atomic mass is 14.7. The molecule has 2 rings (SSSR count). The highest BCUT2D eigenvalue weighted by molar-refractivity contribution is 5.35. The fraction of sp³-hybridized carbons (Fsp3) is 0.500. The van der Waals surface area contributed by atoms with Crippen LogP contribution < -0.4 is 0 Å². The number of rotatable bonds is 2. The van der Waals surface area contributed by atoms with Crippen molar-refractivity contribution in [3.63, 3.8) is 0 Å². The Morgan fingerprint density at radius 1 is 1.43 bits per heavy atom. The van der Waals surface area contributed by atoms with Gasteiger partial charge in [-0.3, -0.25) is 4.98 Å². The van der Waals surface area contributed by atoms with E-state index in [1.54, 1.807) is 0 Å². The molecule has 0 atom stereocenters. The lowest BCUT2D eigenvalue weighted by molar-refractivity contribution is 0.820. The molecule has 0 N–H and O–H groups in total. The van der Waals surface area contributed by atoms with Gasteiger partial charge in [0.15, 0.2) is 0 Å². The Hall–Kier alpha value is -1.36. The van der Waals surface area contributed by atoms with Crippen LogP contribution in [-0.4, -0.2) is 4.98 Å². The number of nitrogens with zero attached hydrogens (tertiary/aromatic N) is 2. The molecule has 1 aromatic heterocycles. The highest BCUT2D eigenvalue weighted by Crippen LogP contribution is 2.46. The molecule has 0 bridgehead atoms. The molecule has 1 heterocycles. The van der Waals surface area contributed by atoms with Crippen molar-refractivity contribution in [2.24, 2.45) is 0 Å². The summed E-state index contributed by atoms with van der Waals surface area (Å²) in [6, 6.07) is 6.45. The molecule has 1 saturated carbocycles. The molecule has 1 aliphatic rings. The van der Waals surface area contributed by atoms with E-state index in [9.17, 15) is 0 Å². The number of hydrogen-bond acceptors (Lipinski definition) is 2. The van der Waals surface area contributed by atoms with Gasteiger partial charge in [0.1, 0.15) is 0 Å². The van der Waals surface area contributed by atoms with Gasteiger partial charge in [0.25, 0.3) is 0 Å². The van der Waals surface area contributed by atoms with Crippen molar-refractivity contribution in [1.29, 1.82) is 5.26 Å². The second-order valence-electron chi connectivity index (χ2n) is 4.33. The summed E-state index contributed by atoms with van der Waals surface area (Å²) in [5, 5.41) is 9.00. The SMILES string of the molecule is CC(C)c1ccc(C2(C#N)CC2)nc1. The van der Waals surface area contributed by atoms with Gasteiger partial charge in [0.2, 0.25) is 0 Å². The van der Waals surface area contributed by atoms with Gasteiger partial charge in [-0.2, -0.15) is 5.26 Å². The quantitative estimate of drug-likeness (QED) is 0.712. The van der Waals surface area contributed by atoms with Crippen molar-refractivity contribution in [2.75, 3.05) is 0 Å². The van der Waals surface area contributed by atoms with Crippen LogP contribution in [-0.2, 0) is 5.41 Å². The minimum Gasteiger partial charge on any atom is -0.259 e. The molecule has 0 aromatic carbocycles. The molecule has 1 aromatic rings. The van der Waals surface area contributed by atoms with E-state index in [4.69, 9.17) is 5.26 Å². The first kappa shape index (κ1) is 9.21. The summed E-state index contributed by atoms with van der Waals surface area (Å²) in [7, 11) is 0. The van der Waals surface area contributed by atoms with Gasteiger partial charge >= 0.3 is 0 Å². The van der Waals surface area contributed by atoms with E-state index in [0.717, 1.165) is 18.5 Å². The fourth-order valence-corrected chi connectivity index (χ4v) is 1.58. The normalized spacial score (nSPS) is 17.9. The van der Waals surface area contributed by atoms with Crippen molar-refractivity contribution in [2.45, 2.75) is 38.0 Å². The molecule has 0 aliphatic heterocycles. The topological polar surface area (TPSA) is 36.7 Å². The average Bonchev–Trinajstić information content (AvgIpc) is 2.99. The van der Waals surface area contributed by atoms with Crippen molar-refractivity contribution >= 4 is 0 Å². The van der Waals surface area contributed by atoms with Crippen molar-refractivity contribution in [3.8, 4) is 6.07 Å². The second kappa shape index (κ2) is 3.09. The van der Waals surface area contributed by atoms with Gasteiger partial charge in [-0.25, -0.2) is 0 Å². The lowest BCUT2D eigenvalue weighted by Gasteiger charge is -2.08. The molecule has 2 heteroatoms. The molecule has 0 spiro atoms. The summed E-state index contributed by atoms with van der Waals surface area (Å²) in [5.41, 5.74) is 1.95. The first-order valence-corrected chi connectivity index (χ1v) is 5.06. The Morgan fingerprint density at radius 2 is 2.14 bits per heavy atom. The van der Waals surface area contributed by atoms with E-state index in [1.165, 1.54) is 5.56 Å². The predicted molar refractivity (Wildman–Crippen MR) is 54.9 cm³/mol. The van der Waals surface area contributed by atoms with E-state index in [1.807, 2.05) is 12.3 Å². The van der Waals surface area contributed by atoms with Gasteiger partial charge < -0.3 is 0 Å². The zero-order valence-corrected chi connectivity index (χ0v) is 8.62. The number of hydrogen-bond donors (Lipinski definition) is 0. The van der Waals surface area contributed by atoms with Crippen molar-refractivity contribution in [1.82, 2.24) is 4.98 Å². The third-order valence-electron chi connectivity index (χ3n) is 2.91. The van der Waals surface area contributed by atoms with Gasteiger partial charge in [0, 0.05) is 6.20 Å². The smallest absolute Gasteiger partial charge is 0.0994 e. The summed E-state index contributed by atoms with van der Waals surface area (Å²) in [5.74, 6) is 0.508. The molecule has 0 saturated heterocycles. The molecule has 14 heavy (non-hydrogen) atoms. The van der Waals surface area contributed by atoms with Crippen LogP contribution >= 0.6 is 0 Å². The second-order valence-corrected chi connectivity index (χ2v) is 4.33. The van der Waals surface area contributed by atoms with Crippen LogP contribution in [0.3, 0.4) is 0 Å².